The molecule has 0 spiro atoms. The minimum atomic E-state index is 0. The normalized spacial score (nSPS) is 1.25. The third-order valence-corrected chi connectivity index (χ3v) is 0. The molecular weight excluding hydrogens is 112 g/mol. The van der Waals surface area contributed by atoms with Crippen molar-refractivity contribution in [3.63, 3.8) is 0 Å². The quantitative estimate of drug-likeness (QED) is 0.281. The van der Waals surface area contributed by atoms with Gasteiger partial charge in [0.25, 0.3) is 0 Å². The maximum atomic E-state index is 4.78. The van der Waals surface area contributed by atoms with Crippen LogP contribution in [0.15, 0.2) is 0 Å². The average Bonchev–Trinajstić information content (AvgIpc) is 1.00. The number of hydrogen-bond acceptors (Lipinski definition) is 0. The molecule has 0 fully saturated rings. The Morgan fingerprint density at radius 2 is 1.25 bits per heavy atom. The van der Waals surface area contributed by atoms with Crippen LogP contribution in [0.2, 0.25) is 0 Å². The van der Waals surface area contributed by atoms with Gasteiger partial charge in [-0.15, -0.1) is 0 Å². The molecule has 0 aliphatic carbocycles. The predicted molar refractivity (Wildman–Crippen MR) is 25.7 cm³/mol. The maximum absolute atomic E-state index is 4.78. The van der Waals surface area contributed by atoms with Gasteiger partial charge >= 0.3 is 44.9 Å². The summed E-state index contributed by atoms with van der Waals surface area (Å²) in [6.45, 7) is 0. The van der Waals surface area contributed by atoms with Crippen LogP contribution in [-0.4, -0.2) is 32.7 Å². The fraction of sp³-hybridized carbons (Fsp3) is 0. The molecule has 4 heteroatoms. The second-order valence-corrected chi connectivity index (χ2v) is 0. The molecule has 0 saturated heterocycles. The van der Waals surface area contributed by atoms with Gasteiger partial charge in [-0.25, -0.2) is 0 Å². The summed E-state index contributed by atoms with van der Waals surface area (Å²) in [5.41, 5.74) is 0. The summed E-state index contributed by atoms with van der Waals surface area (Å²) in [6, 6.07) is 0. The predicted octanol–water partition coefficient (Wildman–Crippen LogP) is -4.67. The van der Waals surface area contributed by atoms with Gasteiger partial charge in [0.15, 0.2) is 0 Å². The minimum Gasteiger partial charge on any atom is -0.273 e. The summed E-state index contributed by atoms with van der Waals surface area (Å²) >= 11 is 0.778. The first-order chi connectivity index (χ1) is 1.00. The van der Waals surface area contributed by atoms with Gasteiger partial charge in [0.05, 0.1) is 0 Å². The van der Waals surface area contributed by atoms with Crippen LogP contribution in [0.5, 0.6) is 0 Å². The first-order valence-electron chi connectivity index (χ1n) is 0.378. The second-order valence-electron chi connectivity index (χ2n) is 0. The van der Waals surface area contributed by atoms with Crippen molar-refractivity contribution in [2.45, 2.75) is 0 Å². The fourth-order valence-electron chi connectivity index (χ4n) is 0. The van der Waals surface area contributed by atoms with E-state index in [1.807, 2.05) is 0 Å². The molecule has 0 nitrogen and oxygen atoms in total. The molecule has 0 bridgehead atoms. The first-order valence-corrected chi connectivity index (χ1v) is 3.40. The zero-order valence-electron chi connectivity index (χ0n) is 2.38. The van der Waals surface area contributed by atoms with Crippen LogP contribution in [0, 0.1) is 0 Å². The smallest absolute Gasteiger partial charge is 0.273 e. The van der Waals surface area contributed by atoms with Crippen LogP contribution >= 0.6 is 10.0 Å². The molecule has 0 unspecified atom stereocenters. The number of hydrogen-bond donors (Lipinski definition) is 0. The standard InChI is InChI=1S/2Al.ClH.Na.6H/h;;1H;;;;;;;/q-1;+1;;+1;;;;;;/p-1. The Labute approximate surface area is 71.3 Å². The van der Waals surface area contributed by atoms with E-state index in [2.05, 4.69) is 0 Å². The Balaban J connectivity index is -0.00000000500. The summed E-state index contributed by atoms with van der Waals surface area (Å²) in [7, 11) is 4.78. The summed E-state index contributed by atoms with van der Waals surface area (Å²) in [5.74, 6) is 0. The van der Waals surface area contributed by atoms with E-state index in [4.69, 9.17) is 10.0 Å². The van der Waals surface area contributed by atoms with Gasteiger partial charge in [0, 0.05) is 17.4 Å². The van der Waals surface area contributed by atoms with E-state index >= 15 is 0 Å². The molecule has 0 heterocycles. The van der Waals surface area contributed by atoms with Crippen LogP contribution in [0.3, 0.4) is 0 Å². The van der Waals surface area contributed by atoms with E-state index in [9.17, 15) is 0 Å². The Hall–Kier alpha value is 2.35. The molecule has 0 aliphatic rings. The molecule has 0 saturated carbocycles. The molecule has 0 aromatic rings. The van der Waals surface area contributed by atoms with Crippen molar-refractivity contribution in [3.8, 4) is 0 Å². The molecule has 0 rings (SSSR count). The van der Waals surface area contributed by atoms with Crippen LogP contribution < -0.4 is 29.6 Å². The van der Waals surface area contributed by atoms with E-state index in [0.717, 1.165) is 15.4 Å². The molecule has 0 aromatic heterocycles. The molecule has 4 heavy (non-hydrogen) atoms. The van der Waals surface area contributed by atoms with E-state index in [1.165, 1.54) is 0 Å². The molecule has 20 valence electrons. The maximum Gasteiger partial charge on any atom is 1.00 e. The Morgan fingerprint density at radius 1 is 1.25 bits per heavy atom. The SMILES string of the molecule is [AlH2][Cl].[AlH4-].[Na+]. The Morgan fingerprint density at radius 3 is 1.25 bits per heavy atom. The topological polar surface area (TPSA) is 0 Å². The third-order valence-electron chi connectivity index (χ3n) is 0. The van der Waals surface area contributed by atoms with Crippen molar-refractivity contribution in [2.24, 2.45) is 0 Å². The van der Waals surface area contributed by atoms with E-state index < -0.39 is 0 Å². The van der Waals surface area contributed by atoms with Gasteiger partial charge in [0.2, 0.25) is 0 Å². The molecule has 0 radical (unpaired) electrons. The van der Waals surface area contributed by atoms with Crippen molar-refractivity contribution >= 4 is 42.8 Å². The molecule has 0 atom stereocenters. The number of rotatable bonds is 0. The van der Waals surface area contributed by atoms with Crippen molar-refractivity contribution in [2.75, 3.05) is 0 Å². The monoisotopic (exact) mass is 118 g/mol. The average molecular weight is 118 g/mol. The molecular formula is H6Al2ClNa. The van der Waals surface area contributed by atoms with Gasteiger partial charge in [-0.2, -0.15) is 0 Å². The second kappa shape index (κ2) is 18.3. The van der Waals surface area contributed by atoms with Crippen molar-refractivity contribution in [3.05, 3.63) is 0 Å². The third kappa shape index (κ3) is 8.84. The first kappa shape index (κ1) is 16.2. The van der Waals surface area contributed by atoms with Crippen LogP contribution in [0.25, 0.3) is 0 Å². The zero-order chi connectivity index (χ0) is 2.00. The largest absolute Gasteiger partial charge is 1.00 e. The fourth-order valence-corrected chi connectivity index (χ4v) is 0. The van der Waals surface area contributed by atoms with Gasteiger partial charge < -0.3 is 0 Å². The summed E-state index contributed by atoms with van der Waals surface area (Å²) in [4.78, 5) is 0. The molecule has 0 aliphatic heterocycles. The van der Waals surface area contributed by atoms with E-state index in [0.29, 0.717) is 0 Å². The molecule has 0 aromatic carbocycles. The van der Waals surface area contributed by atoms with Crippen molar-refractivity contribution < 1.29 is 29.6 Å². The summed E-state index contributed by atoms with van der Waals surface area (Å²) in [5, 5.41) is 0. The van der Waals surface area contributed by atoms with Gasteiger partial charge in [-0.05, 0) is 0 Å². The molecule has 0 N–H and O–H groups in total. The summed E-state index contributed by atoms with van der Waals surface area (Å²) < 4.78 is 0. The van der Waals surface area contributed by atoms with Gasteiger partial charge in [-0.3, -0.25) is 10.0 Å². The van der Waals surface area contributed by atoms with Gasteiger partial charge in [-0.1, -0.05) is 0 Å². The van der Waals surface area contributed by atoms with E-state index in [-0.39, 0.29) is 46.9 Å². The molecule has 0 amide bonds. The van der Waals surface area contributed by atoms with Crippen LogP contribution in [0.4, 0.5) is 0 Å². The van der Waals surface area contributed by atoms with E-state index in [1.54, 1.807) is 0 Å². The van der Waals surface area contributed by atoms with Crippen LogP contribution in [0.1, 0.15) is 0 Å². The summed E-state index contributed by atoms with van der Waals surface area (Å²) in [6.07, 6.45) is 0. The van der Waals surface area contributed by atoms with Gasteiger partial charge in [0.1, 0.15) is 0 Å². The Bertz CT molecular complexity index is 6.00. The van der Waals surface area contributed by atoms with Crippen molar-refractivity contribution in [1.82, 2.24) is 0 Å². The minimum absolute atomic E-state index is 0. The number of halogens is 1. The zero-order valence-corrected chi connectivity index (χ0v) is 7.13. The van der Waals surface area contributed by atoms with Crippen molar-refractivity contribution in [1.29, 1.82) is 0 Å². The van der Waals surface area contributed by atoms with Crippen LogP contribution in [-0.2, 0) is 0 Å². The Kier molecular flexibility index (Phi) is 74.1.